The number of hydrogen-bond acceptors (Lipinski definition) is 2. The Hall–Kier alpha value is -0.540. The van der Waals surface area contributed by atoms with Crippen LogP contribution in [0.5, 0.6) is 0 Å². The van der Waals surface area contributed by atoms with Gasteiger partial charge in [0.25, 0.3) is 0 Å². The van der Waals surface area contributed by atoms with E-state index in [2.05, 4.69) is 72.0 Å². The molecule has 2 rings (SSSR count). The van der Waals surface area contributed by atoms with Gasteiger partial charge in [-0.15, -0.1) is 0 Å². The highest BCUT2D eigenvalue weighted by Crippen LogP contribution is 2.32. The molecule has 1 fully saturated rings. The van der Waals surface area contributed by atoms with Crippen molar-refractivity contribution in [2.75, 3.05) is 24.5 Å². The zero-order valence-corrected chi connectivity index (χ0v) is 15.4. The molecule has 0 amide bonds. The maximum Gasteiger partial charge on any atom is 0.0377 e. The topological polar surface area (TPSA) is 15.3 Å². The molecule has 1 heterocycles. The number of hydrogen-bond donors (Lipinski definition) is 1. The number of halogens is 1. The van der Waals surface area contributed by atoms with E-state index in [4.69, 9.17) is 0 Å². The monoisotopic (exact) mass is 352 g/mol. The first-order chi connectivity index (χ1) is 10.0. The lowest BCUT2D eigenvalue weighted by molar-refractivity contribution is 0.423. The standard InChI is InChI=1S/C18H29BrN2/c1-5-9-20-14(4)17-7-6-16(11-18(17)19)21-10-8-15(12-21)13(2)3/h6-7,11,13-15,20H,5,8-10,12H2,1-4H3. The molecule has 1 aliphatic heterocycles. The highest BCUT2D eigenvalue weighted by molar-refractivity contribution is 9.10. The van der Waals surface area contributed by atoms with Crippen LogP contribution in [0.4, 0.5) is 5.69 Å². The van der Waals surface area contributed by atoms with Crippen LogP contribution in [0, 0.1) is 11.8 Å². The van der Waals surface area contributed by atoms with E-state index >= 15 is 0 Å². The zero-order chi connectivity index (χ0) is 15.4. The van der Waals surface area contributed by atoms with Crippen LogP contribution in [-0.2, 0) is 0 Å². The summed E-state index contributed by atoms with van der Waals surface area (Å²) in [7, 11) is 0. The third-order valence-corrected chi connectivity index (χ3v) is 5.37. The van der Waals surface area contributed by atoms with Crippen molar-refractivity contribution < 1.29 is 0 Å². The Morgan fingerprint density at radius 2 is 2.10 bits per heavy atom. The van der Waals surface area contributed by atoms with Crippen LogP contribution in [0.15, 0.2) is 22.7 Å². The largest absolute Gasteiger partial charge is 0.371 e. The first-order valence-corrected chi connectivity index (χ1v) is 9.10. The zero-order valence-electron chi connectivity index (χ0n) is 13.8. The van der Waals surface area contributed by atoms with E-state index in [0.29, 0.717) is 6.04 Å². The molecule has 0 saturated carbocycles. The number of nitrogens with zero attached hydrogens (tertiary/aromatic N) is 1. The fourth-order valence-corrected chi connectivity index (χ4v) is 3.81. The van der Waals surface area contributed by atoms with Crippen LogP contribution in [0.1, 0.15) is 52.1 Å². The molecule has 0 bridgehead atoms. The lowest BCUT2D eigenvalue weighted by Gasteiger charge is -2.22. The van der Waals surface area contributed by atoms with Gasteiger partial charge in [0.2, 0.25) is 0 Å². The van der Waals surface area contributed by atoms with Crippen molar-refractivity contribution in [3.05, 3.63) is 28.2 Å². The molecule has 2 atom stereocenters. The van der Waals surface area contributed by atoms with Gasteiger partial charge in [-0.2, -0.15) is 0 Å². The molecule has 1 N–H and O–H groups in total. The summed E-state index contributed by atoms with van der Waals surface area (Å²) in [5.41, 5.74) is 2.71. The normalized spacial score (nSPS) is 20.3. The summed E-state index contributed by atoms with van der Waals surface area (Å²) in [5, 5.41) is 3.56. The molecule has 1 aromatic rings. The molecule has 1 aliphatic rings. The smallest absolute Gasteiger partial charge is 0.0377 e. The summed E-state index contributed by atoms with van der Waals surface area (Å²) >= 11 is 3.76. The first-order valence-electron chi connectivity index (χ1n) is 8.30. The predicted molar refractivity (Wildman–Crippen MR) is 96.0 cm³/mol. The number of nitrogens with one attached hydrogen (secondary N) is 1. The molecule has 1 saturated heterocycles. The SMILES string of the molecule is CCCNC(C)c1ccc(N2CCC(C(C)C)C2)cc1Br. The Balaban J connectivity index is 2.05. The van der Waals surface area contributed by atoms with E-state index in [1.807, 2.05) is 0 Å². The fraction of sp³-hybridized carbons (Fsp3) is 0.667. The van der Waals surface area contributed by atoms with Gasteiger partial charge in [-0.25, -0.2) is 0 Å². The van der Waals surface area contributed by atoms with Crippen molar-refractivity contribution in [3.8, 4) is 0 Å². The molecular formula is C18H29BrN2. The van der Waals surface area contributed by atoms with Gasteiger partial charge in [0.1, 0.15) is 0 Å². The van der Waals surface area contributed by atoms with Gasteiger partial charge in [-0.1, -0.05) is 42.8 Å². The fourth-order valence-electron chi connectivity index (χ4n) is 3.10. The molecule has 0 spiro atoms. The third kappa shape index (κ3) is 4.23. The number of benzene rings is 1. The maximum atomic E-state index is 3.76. The van der Waals surface area contributed by atoms with Crippen LogP contribution in [0.25, 0.3) is 0 Å². The average Bonchev–Trinajstić information content (AvgIpc) is 2.94. The summed E-state index contributed by atoms with van der Waals surface area (Å²) in [6, 6.07) is 7.25. The Kier molecular flexibility index (Phi) is 6.12. The molecule has 3 heteroatoms. The average molecular weight is 353 g/mol. The Morgan fingerprint density at radius 1 is 1.33 bits per heavy atom. The van der Waals surface area contributed by atoms with Gasteiger partial charge in [-0.05, 0) is 55.8 Å². The van der Waals surface area contributed by atoms with E-state index in [0.717, 1.165) is 18.4 Å². The van der Waals surface area contributed by atoms with Crippen LogP contribution in [0.2, 0.25) is 0 Å². The molecule has 2 nitrogen and oxygen atoms in total. The van der Waals surface area contributed by atoms with Gasteiger partial charge in [0.15, 0.2) is 0 Å². The van der Waals surface area contributed by atoms with Crippen LogP contribution < -0.4 is 10.2 Å². The summed E-state index contributed by atoms with van der Waals surface area (Å²) in [6.07, 6.45) is 2.50. The Labute approximate surface area is 138 Å². The number of anilines is 1. The van der Waals surface area contributed by atoms with Crippen LogP contribution in [-0.4, -0.2) is 19.6 Å². The maximum absolute atomic E-state index is 3.76. The Bertz CT molecular complexity index is 459. The third-order valence-electron chi connectivity index (χ3n) is 4.68. The van der Waals surface area contributed by atoms with E-state index in [9.17, 15) is 0 Å². The second-order valence-electron chi connectivity index (χ2n) is 6.62. The van der Waals surface area contributed by atoms with Crippen molar-refractivity contribution >= 4 is 21.6 Å². The molecule has 118 valence electrons. The Morgan fingerprint density at radius 3 is 2.67 bits per heavy atom. The van der Waals surface area contributed by atoms with Crippen molar-refractivity contribution in [1.29, 1.82) is 0 Å². The van der Waals surface area contributed by atoms with Crippen LogP contribution in [0.3, 0.4) is 0 Å². The van der Waals surface area contributed by atoms with E-state index < -0.39 is 0 Å². The van der Waals surface area contributed by atoms with Crippen molar-refractivity contribution in [1.82, 2.24) is 5.32 Å². The van der Waals surface area contributed by atoms with E-state index in [1.54, 1.807) is 0 Å². The van der Waals surface area contributed by atoms with Crippen molar-refractivity contribution in [2.45, 2.75) is 46.6 Å². The van der Waals surface area contributed by atoms with Gasteiger partial charge in [0, 0.05) is 29.3 Å². The first kappa shape index (κ1) is 16.8. The summed E-state index contributed by atoms with van der Waals surface area (Å²) in [6.45, 7) is 12.6. The molecule has 0 radical (unpaired) electrons. The van der Waals surface area contributed by atoms with E-state index in [1.165, 1.54) is 41.7 Å². The van der Waals surface area contributed by atoms with Crippen LogP contribution >= 0.6 is 15.9 Å². The summed E-state index contributed by atoms with van der Waals surface area (Å²) in [4.78, 5) is 2.53. The van der Waals surface area contributed by atoms with Crippen molar-refractivity contribution in [2.24, 2.45) is 11.8 Å². The lowest BCUT2D eigenvalue weighted by atomic mass is 9.95. The highest BCUT2D eigenvalue weighted by atomic mass is 79.9. The number of rotatable bonds is 6. The predicted octanol–water partition coefficient (Wildman–Crippen LogP) is 4.99. The minimum atomic E-state index is 0.398. The van der Waals surface area contributed by atoms with E-state index in [-0.39, 0.29) is 0 Å². The minimum absolute atomic E-state index is 0.398. The van der Waals surface area contributed by atoms with Gasteiger partial charge in [0.05, 0.1) is 0 Å². The lowest BCUT2D eigenvalue weighted by Crippen LogP contribution is -2.22. The molecule has 0 aliphatic carbocycles. The van der Waals surface area contributed by atoms with Crippen molar-refractivity contribution in [3.63, 3.8) is 0 Å². The summed E-state index contributed by atoms with van der Waals surface area (Å²) < 4.78 is 1.23. The minimum Gasteiger partial charge on any atom is -0.371 e. The van der Waals surface area contributed by atoms with Gasteiger partial charge >= 0.3 is 0 Å². The highest BCUT2D eigenvalue weighted by Gasteiger charge is 2.25. The molecule has 1 aromatic carbocycles. The van der Waals surface area contributed by atoms with Gasteiger partial charge < -0.3 is 10.2 Å². The second kappa shape index (κ2) is 7.64. The summed E-state index contributed by atoms with van der Waals surface area (Å²) in [5.74, 6) is 1.63. The van der Waals surface area contributed by atoms with Gasteiger partial charge in [-0.3, -0.25) is 0 Å². The molecule has 21 heavy (non-hydrogen) atoms. The second-order valence-corrected chi connectivity index (χ2v) is 7.47. The molecule has 0 aromatic heterocycles. The molecular weight excluding hydrogens is 324 g/mol. The molecule has 2 unspecified atom stereocenters. The quantitative estimate of drug-likeness (QED) is 0.775.